The Morgan fingerprint density at radius 1 is 1.24 bits per heavy atom. The lowest BCUT2D eigenvalue weighted by molar-refractivity contribution is -0.118. The van der Waals surface area contributed by atoms with Crippen LogP contribution < -0.4 is 20.1 Å². The van der Waals surface area contributed by atoms with Gasteiger partial charge in [-0.2, -0.15) is 0 Å². The Labute approximate surface area is 244 Å². The number of carbonyl (C=O) groups is 1. The number of aliphatic hydroxyl groups excluding tert-OH is 1. The van der Waals surface area contributed by atoms with Gasteiger partial charge in [0.1, 0.15) is 0 Å². The van der Waals surface area contributed by atoms with Crippen molar-refractivity contribution < 1.29 is 19.4 Å². The fourth-order valence-electron chi connectivity index (χ4n) is 4.48. The molecular formula is C24H30Cl4N6O4. The van der Waals surface area contributed by atoms with E-state index in [4.69, 9.17) is 21.1 Å². The first kappa shape index (κ1) is 32.0. The summed E-state index contributed by atoms with van der Waals surface area (Å²) < 4.78 is 10.6. The van der Waals surface area contributed by atoms with Crippen LogP contribution in [0.4, 0.5) is 5.82 Å². The van der Waals surface area contributed by atoms with E-state index >= 15 is 0 Å². The largest absolute Gasteiger partial charge is 0.481 e. The third kappa shape index (κ3) is 7.26. The zero-order valence-electron chi connectivity index (χ0n) is 20.6. The molecule has 5 rings (SSSR count). The minimum absolute atomic E-state index is 0. The van der Waals surface area contributed by atoms with E-state index in [1.165, 1.54) is 0 Å². The highest BCUT2D eigenvalue weighted by atomic mass is 35.5. The quantitative estimate of drug-likeness (QED) is 0.372. The lowest BCUT2D eigenvalue weighted by Crippen LogP contribution is -2.52. The van der Waals surface area contributed by atoms with Gasteiger partial charge in [0.15, 0.2) is 18.2 Å². The summed E-state index contributed by atoms with van der Waals surface area (Å²) in [5, 5.41) is 17.5. The van der Waals surface area contributed by atoms with Gasteiger partial charge in [-0.3, -0.25) is 9.78 Å². The second-order valence-electron chi connectivity index (χ2n) is 8.69. The number of piperidine rings is 1. The summed E-state index contributed by atoms with van der Waals surface area (Å²) in [5.74, 6) is 1.31. The third-order valence-electron chi connectivity index (χ3n) is 6.37. The molecule has 14 heteroatoms. The summed E-state index contributed by atoms with van der Waals surface area (Å²) in [5.41, 5.74) is 3.22. The molecule has 3 N–H and O–H groups in total. The first-order chi connectivity index (χ1) is 17.0. The molecule has 0 saturated carbocycles. The molecule has 0 aliphatic carbocycles. The van der Waals surface area contributed by atoms with E-state index in [-0.39, 0.29) is 55.8 Å². The number of ether oxygens (including phenoxy) is 2. The summed E-state index contributed by atoms with van der Waals surface area (Å²) in [6.45, 7) is 2.63. The Balaban J connectivity index is 0.00000169. The van der Waals surface area contributed by atoms with Crippen LogP contribution in [0, 0.1) is 0 Å². The molecule has 2 unspecified atom stereocenters. The van der Waals surface area contributed by atoms with E-state index in [9.17, 15) is 9.90 Å². The maximum atomic E-state index is 11.5. The lowest BCUT2D eigenvalue weighted by Gasteiger charge is -2.36. The standard InChI is InChI=1S/C24H27ClN6O4.3ClH/c1-34-22-5-3-18-23(30-22)15(16(25)11-27-18)6-8-31-9-7-17(19(32)12-31)26-10-14-2-4-20-24(28-14)29-21(33)13-35-20;;;/h2-5,11,17,19,26,32H,6-10,12-13H2,1H3,(H,28,29,33);3*1H. The number of aromatic nitrogens is 3. The molecule has 0 spiro atoms. The van der Waals surface area contributed by atoms with Gasteiger partial charge >= 0.3 is 0 Å². The molecule has 0 radical (unpaired) electrons. The van der Waals surface area contributed by atoms with Gasteiger partial charge in [-0.15, -0.1) is 37.2 Å². The van der Waals surface area contributed by atoms with Gasteiger partial charge in [0, 0.05) is 43.5 Å². The Kier molecular flexibility index (Phi) is 12.0. The summed E-state index contributed by atoms with van der Waals surface area (Å²) in [4.78, 5) is 27.1. The molecule has 38 heavy (non-hydrogen) atoms. The van der Waals surface area contributed by atoms with Crippen LogP contribution in [0.5, 0.6) is 11.6 Å². The molecule has 1 amide bonds. The van der Waals surface area contributed by atoms with Crippen molar-refractivity contribution in [3.05, 3.63) is 46.7 Å². The molecule has 2 aliphatic rings. The normalized spacial score (nSPS) is 18.7. The van der Waals surface area contributed by atoms with Crippen LogP contribution in [0.25, 0.3) is 11.0 Å². The third-order valence-corrected chi connectivity index (χ3v) is 6.70. The highest BCUT2D eigenvalue weighted by molar-refractivity contribution is 6.32. The zero-order chi connectivity index (χ0) is 24.4. The van der Waals surface area contributed by atoms with Crippen molar-refractivity contribution in [3.63, 3.8) is 0 Å². The second kappa shape index (κ2) is 14.3. The van der Waals surface area contributed by atoms with Crippen LogP contribution >= 0.6 is 48.8 Å². The summed E-state index contributed by atoms with van der Waals surface area (Å²) >= 11 is 6.46. The van der Waals surface area contributed by atoms with Crippen LogP contribution in [0.2, 0.25) is 5.02 Å². The van der Waals surface area contributed by atoms with Crippen LogP contribution in [-0.4, -0.2) is 76.4 Å². The Bertz CT molecular complexity index is 1250. The van der Waals surface area contributed by atoms with Gasteiger partial charge < -0.3 is 30.1 Å². The first-order valence-corrected chi connectivity index (χ1v) is 11.9. The van der Waals surface area contributed by atoms with Crippen molar-refractivity contribution in [2.45, 2.75) is 31.5 Å². The predicted molar refractivity (Wildman–Crippen MR) is 153 cm³/mol. The number of fused-ring (bicyclic) bond motifs is 2. The second-order valence-corrected chi connectivity index (χ2v) is 9.09. The van der Waals surface area contributed by atoms with Crippen molar-refractivity contribution in [1.29, 1.82) is 0 Å². The van der Waals surface area contributed by atoms with E-state index in [2.05, 4.69) is 30.5 Å². The zero-order valence-corrected chi connectivity index (χ0v) is 23.8. The van der Waals surface area contributed by atoms with Crippen LogP contribution in [0.3, 0.4) is 0 Å². The number of anilines is 1. The maximum Gasteiger partial charge on any atom is 0.263 e. The predicted octanol–water partition coefficient (Wildman–Crippen LogP) is 3.05. The highest BCUT2D eigenvalue weighted by Crippen LogP contribution is 2.27. The molecule has 1 saturated heterocycles. The average molecular weight is 608 g/mol. The number of carbonyl (C=O) groups excluding carboxylic acids is 1. The fourth-order valence-corrected chi connectivity index (χ4v) is 4.71. The Morgan fingerprint density at radius 3 is 2.82 bits per heavy atom. The molecule has 5 heterocycles. The number of rotatable bonds is 7. The number of nitrogens with zero attached hydrogens (tertiary/aromatic N) is 4. The molecule has 0 bridgehead atoms. The van der Waals surface area contributed by atoms with Gasteiger partial charge in [0.05, 0.1) is 35.0 Å². The Hall–Kier alpha value is -2.18. The average Bonchev–Trinajstić information content (AvgIpc) is 2.87. The summed E-state index contributed by atoms with van der Waals surface area (Å²) in [7, 11) is 1.58. The van der Waals surface area contributed by atoms with Gasteiger partial charge in [-0.25, -0.2) is 9.97 Å². The van der Waals surface area contributed by atoms with Gasteiger partial charge in [-0.05, 0) is 37.6 Å². The maximum absolute atomic E-state index is 11.5. The van der Waals surface area contributed by atoms with E-state index in [1.807, 2.05) is 12.1 Å². The number of β-amino-alcohol motifs (C(OH)–C–C–N with tert-alkyl or cyclic N) is 1. The van der Waals surface area contributed by atoms with E-state index in [0.29, 0.717) is 42.0 Å². The number of hydrogen-bond acceptors (Lipinski definition) is 9. The molecule has 0 aromatic carbocycles. The molecule has 2 aliphatic heterocycles. The number of halogens is 4. The van der Waals surface area contributed by atoms with Crippen molar-refractivity contribution in [3.8, 4) is 11.6 Å². The molecule has 3 aromatic heterocycles. The lowest BCUT2D eigenvalue weighted by atomic mass is 10.0. The number of hydrogen-bond donors (Lipinski definition) is 3. The van der Waals surface area contributed by atoms with Crippen molar-refractivity contribution >= 4 is 71.6 Å². The molecule has 1 fully saturated rings. The molecule has 208 valence electrons. The minimum atomic E-state index is -0.521. The molecule has 2 atom stereocenters. The summed E-state index contributed by atoms with van der Waals surface area (Å²) in [6, 6.07) is 7.27. The van der Waals surface area contributed by atoms with Crippen LogP contribution in [-0.2, 0) is 17.8 Å². The number of nitrogens with one attached hydrogen (secondary N) is 2. The van der Waals surface area contributed by atoms with Crippen molar-refractivity contribution in [2.24, 2.45) is 0 Å². The van der Waals surface area contributed by atoms with E-state index in [1.54, 1.807) is 25.4 Å². The highest BCUT2D eigenvalue weighted by Gasteiger charge is 2.28. The Morgan fingerprint density at radius 2 is 2.05 bits per heavy atom. The van der Waals surface area contributed by atoms with Crippen LogP contribution in [0.15, 0.2) is 30.5 Å². The first-order valence-electron chi connectivity index (χ1n) is 11.5. The SMILES string of the molecule is COc1ccc2ncc(Cl)c(CCN3CCC(NCc4ccc5c(n4)NC(=O)CO5)C(O)C3)c2n1.Cl.Cl.Cl. The molecule has 10 nitrogen and oxygen atoms in total. The van der Waals surface area contributed by atoms with Crippen molar-refractivity contribution in [2.75, 3.05) is 38.7 Å². The number of amides is 1. The summed E-state index contributed by atoms with van der Waals surface area (Å²) in [6.07, 6.45) is 2.62. The molecule has 3 aromatic rings. The van der Waals surface area contributed by atoms with E-state index in [0.717, 1.165) is 41.8 Å². The monoisotopic (exact) mass is 606 g/mol. The topological polar surface area (TPSA) is 122 Å². The van der Waals surface area contributed by atoms with Crippen LogP contribution in [0.1, 0.15) is 17.7 Å². The molecular weight excluding hydrogens is 578 g/mol. The fraction of sp³-hybridized carbons (Fsp3) is 0.417. The van der Waals surface area contributed by atoms with E-state index < -0.39 is 6.10 Å². The number of aliphatic hydroxyl groups is 1. The minimum Gasteiger partial charge on any atom is -0.481 e. The van der Waals surface area contributed by atoms with Gasteiger partial charge in [0.25, 0.3) is 5.91 Å². The number of pyridine rings is 3. The number of methoxy groups -OCH3 is 1. The van der Waals surface area contributed by atoms with Crippen molar-refractivity contribution in [1.82, 2.24) is 25.2 Å². The smallest absolute Gasteiger partial charge is 0.263 e. The van der Waals surface area contributed by atoms with Gasteiger partial charge in [-0.1, -0.05) is 11.6 Å². The number of likely N-dealkylation sites (tertiary alicyclic amines) is 1. The van der Waals surface area contributed by atoms with Gasteiger partial charge in [0.2, 0.25) is 5.88 Å².